The molecule has 0 bridgehead atoms. The van der Waals surface area contributed by atoms with E-state index in [1.807, 2.05) is 54.6 Å². The standard InChI is InChI=1S/C24H23N3O3S/c1-29-20-13-19-22(14-21(20)30-2)31-24(26-19)27(16-18-9-6-12-25-15-18)23(28)11-10-17-7-4-3-5-8-17/h3-9,12-15H,10-11,16H2,1-2H3. The summed E-state index contributed by atoms with van der Waals surface area (Å²) in [5.74, 6) is 1.27. The Labute approximate surface area is 185 Å². The van der Waals surface area contributed by atoms with E-state index in [-0.39, 0.29) is 5.91 Å². The molecule has 2 heterocycles. The Bertz CT molecular complexity index is 1120. The number of methoxy groups -OCH3 is 2. The second kappa shape index (κ2) is 9.57. The topological polar surface area (TPSA) is 64.5 Å². The first-order valence-corrected chi connectivity index (χ1v) is 10.8. The molecule has 158 valence electrons. The molecule has 0 atom stereocenters. The van der Waals surface area contributed by atoms with Crippen LogP contribution in [-0.4, -0.2) is 30.1 Å². The quantitative estimate of drug-likeness (QED) is 0.396. The molecular formula is C24H23N3O3S. The molecular weight excluding hydrogens is 410 g/mol. The molecule has 0 radical (unpaired) electrons. The van der Waals surface area contributed by atoms with Crippen LogP contribution in [0.2, 0.25) is 0 Å². The molecule has 0 spiro atoms. The Morgan fingerprint density at radius 1 is 1.00 bits per heavy atom. The maximum Gasteiger partial charge on any atom is 0.229 e. The highest BCUT2D eigenvalue weighted by Crippen LogP contribution is 2.37. The van der Waals surface area contributed by atoms with Crippen molar-refractivity contribution in [3.8, 4) is 11.5 Å². The SMILES string of the molecule is COc1cc2nc(N(Cc3cccnc3)C(=O)CCc3ccccc3)sc2cc1OC. The molecule has 2 aromatic heterocycles. The van der Waals surface area contributed by atoms with Gasteiger partial charge in [0.1, 0.15) is 0 Å². The van der Waals surface area contributed by atoms with Crippen molar-refractivity contribution in [2.24, 2.45) is 0 Å². The van der Waals surface area contributed by atoms with Crippen LogP contribution in [0, 0.1) is 0 Å². The number of fused-ring (bicyclic) bond motifs is 1. The molecule has 0 fully saturated rings. The van der Waals surface area contributed by atoms with Crippen molar-refractivity contribution < 1.29 is 14.3 Å². The summed E-state index contributed by atoms with van der Waals surface area (Å²) in [6.07, 6.45) is 4.57. The molecule has 2 aromatic carbocycles. The molecule has 4 rings (SSSR count). The average molecular weight is 434 g/mol. The number of rotatable bonds is 8. The Kier molecular flexibility index (Phi) is 6.43. The lowest BCUT2D eigenvalue weighted by atomic mass is 10.1. The monoisotopic (exact) mass is 433 g/mol. The summed E-state index contributed by atoms with van der Waals surface area (Å²) in [6, 6.07) is 17.6. The predicted molar refractivity (Wildman–Crippen MR) is 123 cm³/mol. The fourth-order valence-corrected chi connectivity index (χ4v) is 4.32. The number of carbonyl (C=O) groups excluding carboxylic acids is 1. The Morgan fingerprint density at radius 2 is 1.74 bits per heavy atom. The molecule has 0 aliphatic carbocycles. The Balaban J connectivity index is 1.65. The van der Waals surface area contributed by atoms with E-state index < -0.39 is 0 Å². The Morgan fingerprint density at radius 3 is 2.45 bits per heavy atom. The second-order valence-corrected chi connectivity index (χ2v) is 8.01. The van der Waals surface area contributed by atoms with Gasteiger partial charge in [-0.15, -0.1) is 0 Å². The molecule has 0 N–H and O–H groups in total. The molecule has 4 aromatic rings. The first kappa shape index (κ1) is 20.8. The summed E-state index contributed by atoms with van der Waals surface area (Å²) in [6.45, 7) is 0.412. The predicted octanol–water partition coefficient (Wildman–Crippen LogP) is 4.87. The van der Waals surface area contributed by atoms with Gasteiger partial charge in [-0.25, -0.2) is 4.98 Å². The summed E-state index contributed by atoms with van der Waals surface area (Å²) >= 11 is 1.46. The third kappa shape index (κ3) is 4.83. The van der Waals surface area contributed by atoms with Crippen molar-refractivity contribution in [3.63, 3.8) is 0 Å². The minimum atomic E-state index is 0.0192. The first-order chi connectivity index (χ1) is 15.2. The van der Waals surface area contributed by atoms with E-state index >= 15 is 0 Å². The highest BCUT2D eigenvalue weighted by molar-refractivity contribution is 7.22. The number of carbonyl (C=O) groups is 1. The van der Waals surface area contributed by atoms with Gasteiger partial charge in [-0.3, -0.25) is 14.7 Å². The van der Waals surface area contributed by atoms with Crippen molar-refractivity contribution >= 4 is 32.6 Å². The van der Waals surface area contributed by atoms with Crippen molar-refractivity contribution in [3.05, 3.63) is 78.1 Å². The van der Waals surface area contributed by atoms with Crippen LogP contribution in [0.1, 0.15) is 17.5 Å². The van der Waals surface area contributed by atoms with Gasteiger partial charge in [0.25, 0.3) is 0 Å². The second-order valence-electron chi connectivity index (χ2n) is 7.00. The van der Waals surface area contributed by atoms with Gasteiger partial charge in [0.05, 0.1) is 31.0 Å². The molecule has 6 nitrogen and oxygen atoms in total. The van der Waals surface area contributed by atoms with Crippen LogP contribution in [0.15, 0.2) is 67.0 Å². The third-order valence-corrected chi connectivity index (χ3v) is 5.99. The zero-order chi connectivity index (χ0) is 21.6. The molecule has 0 saturated carbocycles. The van der Waals surface area contributed by atoms with E-state index in [2.05, 4.69) is 4.98 Å². The largest absolute Gasteiger partial charge is 0.493 e. The summed E-state index contributed by atoms with van der Waals surface area (Å²) < 4.78 is 11.7. The zero-order valence-electron chi connectivity index (χ0n) is 17.4. The van der Waals surface area contributed by atoms with Gasteiger partial charge in [-0.2, -0.15) is 0 Å². The minimum absolute atomic E-state index is 0.0192. The number of amides is 1. The summed E-state index contributed by atoms with van der Waals surface area (Å²) in [4.78, 5) is 23.9. The average Bonchev–Trinajstić information content (AvgIpc) is 3.23. The van der Waals surface area contributed by atoms with Crippen LogP contribution < -0.4 is 14.4 Å². The van der Waals surface area contributed by atoms with Crippen LogP contribution in [-0.2, 0) is 17.8 Å². The molecule has 0 aliphatic heterocycles. The minimum Gasteiger partial charge on any atom is -0.493 e. The van der Waals surface area contributed by atoms with Crippen LogP contribution >= 0.6 is 11.3 Å². The first-order valence-electron chi connectivity index (χ1n) is 9.93. The fourth-order valence-electron chi connectivity index (χ4n) is 3.33. The van der Waals surface area contributed by atoms with Gasteiger partial charge in [0.2, 0.25) is 5.91 Å². The maximum absolute atomic E-state index is 13.3. The highest BCUT2D eigenvalue weighted by Gasteiger charge is 2.21. The summed E-state index contributed by atoms with van der Waals surface area (Å²) in [5.41, 5.74) is 2.85. The van der Waals surface area contributed by atoms with Gasteiger partial charge >= 0.3 is 0 Å². The molecule has 0 saturated heterocycles. The number of hydrogen-bond acceptors (Lipinski definition) is 6. The lowest BCUT2D eigenvalue weighted by Crippen LogP contribution is -2.30. The highest BCUT2D eigenvalue weighted by atomic mass is 32.1. The third-order valence-electron chi connectivity index (χ3n) is 4.95. The number of anilines is 1. The van der Waals surface area contributed by atoms with Crippen LogP contribution in [0.25, 0.3) is 10.2 Å². The summed E-state index contributed by atoms with van der Waals surface area (Å²) in [7, 11) is 3.20. The van der Waals surface area contributed by atoms with Crippen molar-refractivity contribution in [2.75, 3.05) is 19.1 Å². The lowest BCUT2D eigenvalue weighted by molar-refractivity contribution is -0.118. The maximum atomic E-state index is 13.3. The Hall–Kier alpha value is -3.45. The fraction of sp³-hybridized carbons (Fsp3) is 0.208. The molecule has 7 heteroatoms. The lowest BCUT2D eigenvalue weighted by Gasteiger charge is -2.20. The van der Waals surface area contributed by atoms with Crippen molar-refractivity contribution in [1.29, 1.82) is 0 Å². The number of hydrogen-bond donors (Lipinski definition) is 0. The molecule has 31 heavy (non-hydrogen) atoms. The number of nitrogens with zero attached hydrogens (tertiary/aromatic N) is 3. The van der Waals surface area contributed by atoms with Crippen LogP contribution in [0.3, 0.4) is 0 Å². The molecule has 0 aliphatic rings. The molecule has 1 amide bonds. The van der Waals surface area contributed by atoms with Gasteiger partial charge in [-0.05, 0) is 23.6 Å². The van der Waals surface area contributed by atoms with E-state index in [0.29, 0.717) is 36.0 Å². The van der Waals surface area contributed by atoms with Gasteiger partial charge in [-0.1, -0.05) is 47.7 Å². The normalized spacial score (nSPS) is 10.8. The van der Waals surface area contributed by atoms with E-state index in [4.69, 9.17) is 14.5 Å². The van der Waals surface area contributed by atoms with Gasteiger partial charge < -0.3 is 9.47 Å². The van der Waals surface area contributed by atoms with Gasteiger partial charge in [0.15, 0.2) is 16.6 Å². The number of pyridine rings is 1. The van der Waals surface area contributed by atoms with E-state index in [1.165, 1.54) is 11.3 Å². The number of ether oxygens (including phenoxy) is 2. The van der Waals surface area contributed by atoms with E-state index in [9.17, 15) is 4.79 Å². The molecule has 0 unspecified atom stereocenters. The van der Waals surface area contributed by atoms with E-state index in [0.717, 1.165) is 21.3 Å². The zero-order valence-corrected chi connectivity index (χ0v) is 18.3. The van der Waals surface area contributed by atoms with Gasteiger partial charge in [0, 0.05) is 30.9 Å². The van der Waals surface area contributed by atoms with Crippen LogP contribution in [0.4, 0.5) is 5.13 Å². The van der Waals surface area contributed by atoms with Crippen molar-refractivity contribution in [2.45, 2.75) is 19.4 Å². The number of benzene rings is 2. The number of aromatic nitrogens is 2. The smallest absolute Gasteiger partial charge is 0.229 e. The van der Waals surface area contributed by atoms with Crippen molar-refractivity contribution in [1.82, 2.24) is 9.97 Å². The summed E-state index contributed by atoms with van der Waals surface area (Å²) in [5, 5.41) is 0.646. The van der Waals surface area contributed by atoms with Crippen LogP contribution in [0.5, 0.6) is 11.5 Å². The number of thiazole rings is 1. The van der Waals surface area contributed by atoms with E-state index in [1.54, 1.807) is 31.5 Å². The number of aryl methyl sites for hydroxylation is 1.